The van der Waals surface area contributed by atoms with Gasteiger partial charge in [-0.15, -0.1) is 0 Å². The summed E-state index contributed by atoms with van der Waals surface area (Å²) in [6.45, 7) is -0.373. The summed E-state index contributed by atoms with van der Waals surface area (Å²) < 4.78 is 53.1. The number of hydrogen-bond donors (Lipinski definition) is 2. The highest BCUT2D eigenvalue weighted by Crippen LogP contribution is 2.34. The zero-order valence-electron chi connectivity index (χ0n) is 24.1. The van der Waals surface area contributed by atoms with Crippen molar-refractivity contribution < 1.29 is 26.9 Å². The van der Waals surface area contributed by atoms with Crippen LogP contribution in [0.2, 0.25) is 10.0 Å². The molecule has 2 heterocycles. The van der Waals surface area contributed by atoms with Crippen LogP contribution in [-0.4, -0.2) is 66.4 Å². The lowest BCUT2D eigenvalue weighted by molar-refractivity contribution is -0.117. The molecule has 4 rings (SSSR count). The molecule has 0 bridgehead atoms. The number of rotatable bonds is 8. The summed E-state index contributed by atoms with van der Waals surface area (Å²) in [5.41, 5.74) is 9.33. The van der Waals surface area contributed by atoms with E-state index in [1.54, 1.807) is 41.0 Å². The predicted molar refractivity (Wildman–Crippen MR) is 153 cm³/mol. The number of sulfone groups is 1. The zero-order chi connectivity index (χ0) is 31.4. The van der Waals surface area contributed by atoms with Crippen molar-refractivity contribution in [2.75, 3.05) is 31.6 Å². The number of hydrazine groups is 1. The summed E-state index contributed by atoms with van der Waals surface area (Å²) >= 11 is 12.7. The third-order valence-electron chi connectivity index (χ3n) is 6.03. The number of halogens is 2. The lowest BCUT2D eigenvalue weighted by Crippen LogP contribution is -2.50. The van der Waals surface area contributed by atoms with Crippen molar-refractivity contribution in [1.29, 1.82) is 0 Å². The summed E-state index contributed by atoms with van der Waals surface area (Å²) in [6.07, 6.45) is 0.437. The maximum absolute atomic E-state index is 13.6. The predicted octanol–water partition coefficient (Wildman–Crippen LogP) is 2.98. The molecule has 40 heavy (non-hydrogen) atoms. The minimum atomic E-state index is -3.20. The lowest BCUT2D eigenvalue weighted by atomic mass is 10.1. The second-order valence-electron chi connectivity index (χ2n) is 8.87. The second kappa shape index (κ2) is 12.8. The fourth-order valence-electron chi connectivity index (χ4n) is 4.03. The standard InChI is InChI=1S/C27H27Cl2N5O5S/c1-39-17-23-25(27(36)32-33-12-14-40(37,38)15-13-33)31-26(21-11-8-19(28)16-22(21)29)34(23)20-9-6-18(7-10-20)4-2-3-5-24(30)35/h6-11,16H,3,5,12-15,17H2,1H3,(H2,30,35)(H,32,36)/i1D3. The third kappa shape index (κ3) is 7.21. The van der Waals surface area contributed by atoms with Gasteiger partial charge in [0.15, 0.2) is 15.5 Å². The number of carbonyl (C=O) groups excluding carboxylic acids is 2. The van der Waals surface area contributed by atoms with Crippen LogP contribution in [-0.2, 0) is 26.0 Å². The van der Waals surface area contributed by atoms with Crippen LogP contribution in [0.4, 0.5) is 0 Å². The molecule has 0 radical (unpaired) electrons. The van der Waals surface area contributed by atoms with E-state index in [2.05, 4.69) is 22.3 Å². The highest BCUT2D eigenvalue weighted by atomic mass is 35.5. The summed E-state index contributed by atoms with van der Waals surface area (Å²) in [4.78, 5) is 29.1. The number of nitrogens with one attached hydrogen (secondary N) is 1. The molecule has 1 aliphatic heterocycles. The quantitative estimate of drug-likeness (QED) is 0.376. The van der Waals surface area contributed by atoms with E-state index in [4.69, 9.17) is 37.8 Å². The molecule has 10 nitrogen and oxygen atoms in total. The minimum Gasteiger partial charge on any atom is -0.378 e. The molecular formula is C27H27Cl2N5O5S. The molecule has 1 fully saturated rings. The van der Waals surface area contributed by atoms with Gasteiger partial charge in [-0.1, -0.05) is 35.0 Å². The second-order valence-corrected chi connectivity index (χ2v) is 12.0. The van der Waals surface area contributed by atoms with Gasteiger partial charge < -0.3 is 10.5 Å². The number of primary amides is 1. The number of nitrogens with zero attached hydrogens (tertiary/aromatic N) is 3. The molecule has 1 aliphatic rings. The van der Waals surface area contributed by atoms with E-state index < -0.39 is 35.3 Å². The lowest BCUT2D eigenvalue weighted by Gasteiger charge is -2.26. The van der Waals surface area contributed by atoms with Crippen molar-refractivity contribution in [3.8, 4) is 28.9 Å². The molecule has 0 aliphatic carbocycles. The Bertz CT molecular complexity index is 1690. The van der Waals surface area contributed by atoms with Crippen molar-refractivity contribution in [2.24, 2.45) is 5.73 Å². The van der Waals surface area contributed by atoms with E-state index in [9.17, 15) is 18.0 Å². The monoisotopic (exact) mass is 606 g/mol. The average Bonchev–Trinajstić information content (AvgIpc) is 3.30. The first kappa shape index (κ1) is 25.6. The molecule has 0 unspecified atom stereocenters. The van der Waals surface area contributed by atoms with Crippen LogP contribution in [0.25, 0.3) is 17.1 Å². The molecule has 2 aromatic carbocycles. The Morgan fingerprint density at radius 1 is 1.18 bits per heavy atom. The van der Waals surface area contributed by atoms with Gasteiger partial charge in [0.2, 0.25) is 5.91 Å². The van der Waals surface area contributed by atoms with E-state index >= 15 is 0 Å². The number of aromatic nitrogens is 2. The summed E-state index contributed by atoms with van der Waals surface area (Å²) in [7, 11) is -5.98. The average molecular weight is 608 g/mol. The number of carbonyl (C=O) groups is 2. The van der Waals surface area contributed by atoms with Crippen molar-refractivity contribution in [3.63, 3.8) is 0 Å². The topological polar surface area (TPSA) is 137 Å². The van der Waals surface area contributed by atoms with E-state index in [0.29, 0.717) is 28.3 Å². The molecule has 0 saturated carbocycles. The van der Waals surface area contributed by atoms with Crippen LogP contribution in [0.3, 0.4) is 0 Å². The van der Waals surface area contributed by atoms with E-state index in [1.165, 1.54) is 11.1 Å². The van der Waals surface area contributed by atoms with Gasteiger partial charge in [0, 0.05) is 54.8 Å². The van der Waals surface area contributed by atoms with Gasteiger partial charge in [0.1, 0.15) is 5.82 Å². The van der Waals surface area contributed by atoms with Crippen molar-refractivity contribution in [1.82, 2.24) is 20.0 Å². The Balaban J connectivity index is 1.81. The van der Waals surface area contributed by atoms with Gasteiger partial charge >= 0.3 is 0 Å². The third-order valence-corrected chi connectivity index (χ3v) is 8.18. The largest absolute Gasteiger partial charge is 0.378 e. The Hall–Kier alpha value is -3.40. The van der Waals surface area contributed by atoms with Crippen molar-refractivity contribution in [2.45, 2.75) is 19.4 Å². The summed E-state index contributed by atoms with van der Waals surface area (Å²) in [5.74, 6) is 4.64. The normalized spacial score (nSPS) is 16.2. The first-order valence-corrected chi connectivity index (χ1v) is 14.6. The van der Waals surface area contributed by atoms with E-state index in [1.807, 2.05) is 0 Å². The SMILES string of the molecule is [2H]C([2H])([2H])OCc1c(C(=O)NN2CCS(=O)(=O)CC2)nc(-c2ccc(Cl)cc2Cl)n1-c1ccc(C#CCCC(N)=O)cc1. The number of methoxy groups -OCH3 is 1. The van der Waals surface area contributed by atoms with Crippen LogP contribution in [0, 0.1) is 11.8 Å². The number of imidazole rings is 1. The number of hydrogen-bond acceptors (Lipinski definition) is 7. The van der Waals surface area contributed by atoms with Crippen LogP contribution >= 0.6 is 23.2 Å². The number of nitrogens with two attached hydrogens (primary N) is 1. The van der Waals surface area contributed by atoms with Crippen molar-refractivity contribution >= 4 is 44.9 Å². The zero-order valence-corrected chi connectivity index (χ0v) is 23.4. The number of benzene rings is 2. The molecule has 2 amide bonds. The maximum atomic E-state index is 13.6. The van der Waals surface area contributed by atoms with Crippen LogP contribution < -0.4 is 11.2 Å². The maximum Gasteiger partial charge on any atom is 0.286 e. The Kier molecular flexibility index (Phi) is 8.21. The van der Waals surface area contributed by atoms with Gasteiger partial charge in [-0.25, -0.2) is 18.4 Å². The smallest absolute Gasteiger partial charge is 0.286 e. The number of amides is 2. The molecular weight excluding hydrogens is 577 g/mol. The Morgan fingerprint density at radius 2 is 1.90 bits per heavy atom. The highest BCUT2D eigenvalue weighted by Gasteiger charge is 2.28. The van der Waals surface area contributed by atoms with Gasteiger partial charge in [0.25, 0.3) is 5.91 Å². The molecule has 210 valence electrons. The minimum absolute atomic E-state index is 0.0771. The summed E-state index contributed by atoms with van der Waals surface area (Å²) in [5, 5.41) is 2.07. The Morgan fingerprint density at radius 3 is 2.55 bits per heavy atom. The van der Waals surface area contributed by atoms with Gasteiger partial charge in [-0.05, 0) is 42.5 Å². The molecule has 3 aromatic rings. The van der Waals surface area contributed by atoms with Crippen molar-refractivity contribution in [3.05, 3.63) is 69.5 Å². The first-order chi connectivity index (χ1) is 20.2. The fraction of sp³-hybridized carbons (Fsp3) is 0.296. The molecule has 1 saturated heterocycles. The fourth-order valence-corrected chi connectivity index (χ4v) is 5.73. The molecule has 0 atom stereocenters. The number of ether oxygens (including phenoxy) is 1. The molecule has 1 aromatic heterocycles. The van der Waals surface area contributed by atoms with Gasteiger partial charge in [-0.2, -0.15) is 0 Å². The van der Waals surface area contributed by atoms with E-state index in [0.717, 1.165) is 0 Å². The van der Waals surface area contributed by atoms with Crippen LogP contribution in [0.15, 0.2) is 42.5 Å². The molecule has 0 spiro atoms. The first-order valence-electron chi connectivity index (χ1n) is 13.6. The van der Waals surface area contributed by atoms with Crippen LogP contribution in [0.1, 0.15) is 38.7 Å². The van der Waals surface area contributed by atoms with Gasteiger partial charge in [-0.3, -0.25) is 19.6 Å². The highest BCUT2D eigenvalue weighted by molar-refractivity contribution is 7.91. The van der Waals surface area contributed by atoms with E-state index in [-0.39, 0.29) is 53.3 Å². The molecule has 3 N–H and O–H groups in total. The summed E-state index contributed by atoms with van der Waals surface area (Å²) in [6, 6.07) is 11.5. The van der Waals surface area contributed by atoms with Gasteiger partial charge in [0.05, 0.1) is 32.9 Å². The Labute approximate surface area is 246 Å². The molecule has 13 heteroatoms. The van der Waals surface area contributed by atoms with Crippen LogP contribution in [0.5, 0.6) is 0 Å².